The van der Waals surface area contributed by atoms with Gasteiger partial charge in [0, 0.05) is 25.2 Å². The Hall–Kier alpha value is -1.56. The Balaban J connectivity index is 1.45. The molecule has 0 amide bonds. The molecule has 5 heterocycles. The number of hydrogen-bond acceptors (Lipinski definition) is 8. The summed E-state index contributed by atoms with van der Waals surface area (Å²) in [5, 5.41) is 15.1. The molecule has 2 aromatic heterocycles. The summed E-state index contributed by atoms with van der Waals surface area (Å²) < 4.78 is 20.1. The van der Waals surface area contributed by atoms with Crippen molar-refractivity contribution in [3.8, 4) is 0 Å². The molecule has 4 unspecified atom stereocenters. The normalized spacial score (nSPS) is 31.1. The summed E-state index contributed by atoms with van der Waals surface area (Å²) in [4.78, 5) is 27.3. The SMILES string of the molecule is CC(C)(C)[Si](C)(C)OC(C(=O)OC1CC2C3OC3C(C1)[N+]2(C)CCC(=O)[O-])(c1cccs1)c1cccs1. The van der Waals surface area contributed by atoms with E-state index in [9.17, 15) is 14.7 Å². The van der Waals surface area contributed by atoms with Crippen LogP contribution in [0.3, 0.4) is 0 Å². The largest absolute Gasteiger partial charge is 0.550 e. The number of ether oxygens (including phenoxy) is 2. The molecule has 10 heteroatoms. The van der Waals surface area contributed by atoms with Gasteiger partial charge in [-0.1, -0.05) is 32.9 Å². The maximum atomic E-state index is 14.4. The quantitative estimate of drug-likeness (QED) is 0.199. The summed E-state index contributed by atoms with van der Waals surface area (Å²) in [6.07, 6.45) is 1.28. The Labute approximate surface area is 228 Å². The van der Waals surface area contributed by atoms with Crippen molar-refractivity contribution < 1.29 is 33.1 Å². The highest BCUT2D eigenvalue weighted by molar-refractivity contribution is 7.12. The summed E-state index contributed by atoms with van der Waals surface area (Å²) in [6, 6.07) is 8.08. The smallest absolute Gasteiger partial charge is 0.348 e. The van der Waals surface area contributed by atoms with E-state index in [1.165, 1.54) is 22.7 Å². The van der Waals surface area contributed by atoms with Crippen LogP contribution in [0.25, 0.3) is 0 Å². The molecule has 0 spiro atoms. The molecule has 202 valence electrons. The number of piperidine rings is 1. The van der Waals surface area contributed by atoms with Crippen LogP contribution in [0.1, 0.15) is 49.8 Å². The molecule has 5 rings (SSSR count). The second kappa shape index (κ2) is 9.27. The number of carbonyl (C=O) groups excluding carboxylic acids is 2. The number of hydrogen-bond donors (Lipinski definition) is 0. The fraction of sp³-hybridized carbons (Fsp3) is 0.630. The van der Waals surface area contributed by atoms with E-state index in [2.05, 4.69) is 40.9 Å². The summed E-state index contributed by atoms with van der Waals surface area (Å²) in [5.74, 6) is -1.38. The molecule has 4 atom stereocenters. The predicted molar refractivity (Wildman–Crippen MR) is 144 cm³/mol. The van der Waals surface area contributed by atoms with Crippen LogP contribution in [-0.4, -0.2) is 68.7 Å². The first-order valence-electron chi connectivity index (χ1n) is 13.0. The Morgan fingerprint density at radius 1 is 1.08 bits per heavy atom. The number of carbonyl (C=O) groups is 2. The lowest BCUT2D eigenvalue weighted by atomic mass is 9.94. The Bertz CT molecular complexity index is 1090. The minimum atomic E-state index is -2.42. The number of carboxylic acids is 1. The van der Waals surface area contributed by atoms with Crippen LogP contribution in [-0.2, 0) is 29.1 Å². The van der Waals surface area contributed by atoms with Crippen molar-refractivity contribution in [3.05, 3.63) is 44.8 Å². The van der Waals surface area contributed by atoms with Crippen LogP contribution < -0.4 is 5.11 Å². The van der Waals surface area contributed by atoms with Gasteiger partial charge in [0.25, 0.3) is 0 Å². The highest BCUT2D eigenvalue weighted by Crippen LogP contribution is 2.54. The Kier molecular flexibility index (Phi) is 6.77. The molecule has 0 N–H and O–H groups in total. The molecule has 7 nitrogen and oxygen atoms in total. The van der Waals surface area contributed by atoms with E-state index in [1.54, 1.807) is 0 Å². The van der Waals surface area contributed by atoms with Crippen LogP contribution in [0, 0.1) is 0 Å². The van der Waals surface area contributed by atoms with E-state index in [-0.39, 0.29) is 47.8 Å². The van der Waals surface area contributed by atoms with Crippen LogP contribution >= 0.6 is 22.7 Å². The highest BCUT2D eigenvalue weighted by atomic mass is 32.1. The second-order valence-corrected chi connectivity index (χ2v) is 19.0. The van der Waals surface area contributed by atoms with Gasteiger partial charge in [0.15, 0.2) is 8.32 Å². The number of esters is 1. The van der Waals surface area contributed by atoms with Gasteiger partial charge < -0.3 is 28.3 Å². The maximum absolute atomic E-state index is 14.4. The number of fused-ring (bicyclic) bond motifs is 5. The number of aliphatic carboxylic acids is 1. The van der Waals surface area contributed by atoms with E-state index in [1.807, 2.05) is 35.0 Å². The average molecular weight is 564 g/mol. The minimum Gasteiger partial charge on any atom is -0.550 e. The molecule has 2 bridgehead atoms. The van der Waals surface area contributed by atoms with Crippen molar-refractivity contribution in [1.29, 1.82) is 0 Å². The van der Waals surface area contributed by atoms with Crippen LogP contribution in [0.2, 0.25) is 18.1 Å². The zero-order valence-electron chi connectivity index (χ0n) is 22.4. The zero-order chi connectivity index (χ0) is 26.8. The van der Waals surface area contributed by atoms with Gasteiger partial charge in [0.1, 0.15) is 30.4 Å². The topological polar surface area (TPSA) is 88.2 Å². The van der Waals surface area contributed by atoms with Gasteiger partial charge in [-0.25, -0.2) is 4.79 Å². The van der Waals surface area contributed by atoms with E-state index < -0.39 is 19.9 Å². The number of epoxide rings is 1. The van der Waals surface area contributed by atoms with Gasteiger partial charge in [-0.3, -0.25) is 0 Å². The molecular weight excluding hydrogens is 527 g/mol. The van der Waals surface area contributed by atoms with Crippen molar-refractivity contribution in [3.63, 3.8) is 0 Å². The number of nitrogens with zero attached hydrogens (tertiary/aromatic N) is 1. The molecule has 3 aliphatic heterocycles. The Morgan fingerprint density at radius 3 is 2.05 bits per heavy atom. The summed E-state index contributed by atoms with van der Waals surface area (Å²) in [7, 11) is -0.297. The minimum absolute atomic E-state index is 0.0214. The van der Waals surface area contributed by atoms with Crippen LogP contribution in [0.4, 0.5) is 0 Å². The fourth-order valence-corrected chi connectivity index (χ4v) is 9.32. The predicted octanol–water partition coefficient (Wildman–Crippen LogP) is 3.89. The zero-order valence-corrected chi connectivity index (χ0v) is 25.0. The first-order chi connectivity index (χ1) is 17.3. The average Bonchev–Trinajstić information content (AvgIpc) is 3.15. The summed E-state index contributed by atoms with van der Waals surface area (Å²) in [5.41, 5.74) is -1.31. The molecule has 2 aromatic rings. The molecule has 3 saturated heterocycles. The lowest BCUT2D eigenvalue weighted by Gasteiger charge is -2.49. The van der Waals surface area contributed by atoms with Crippen molar-refractivity contribution in [2.75, 3.05) is 13.6 Å². The number of rotatable bonds is 9. The second-order valence-electron chi connectivity index (χ2n) is 12.4. The molecule has 0 aromatic carbocycles. The fourth-order valence-electron chi connectivity index (χ4n) is 6.01. The standard InChI is InChI=1S/C27H37NO6S2Si/c1-26(2,3)37(5,6)34-27(20-9-7-13-35-20,21-10-8-14-36-21)25(31)32-17-15-18-23-24(33-23)19(16-17)28(18,4)12-11-22(29)30/h7-10,13-14,17-19,23-24H,11-12,15-16H2,1-6H3. The number of thiophene rings is 2. The number of morpholine rings is 1. The van der Waals surface area contributed by atoms with Gasteiger partial charge in [-0.15, -0.1) is 22.7 Å². The number of quaternary nitrogens is 1. The van der Waals surface area contributed by atoms with E-state index in [4.69, 9.17) is 13.9 Å². The molecule has 0 aliphatic carbocycles. The van der Waals surface area contributed by atoms with E-state index in [0.29, 0.717) is 23.9 Å². The molecule has 3 fully saturated rings. The first-order valence-corrected chi connectivity index (χ1v) is 17.7. The van der Waals surface area contributed by atoms with Gasteiger partial charge in [-0.2, -0.15) is 0 Å². The molecule has 0 radical (unpaired) electrons. The third-order valence-electron chi connectivity index (χ3n) is 9.15. The monoisotopic (exact) mass is 563 g/mol. The molecular formula is C27H37NO6S2Si. The van der Waals surface area contributed by atoms with Crippen LogP contribution in [0.15, 0.2) is 35.0 Å². The van der Waals surface area contributed by atoms with Gasteiger partial charge in [-0.05, 0) is 41.0 Å². The van der Waals surface area contributed by atoms with Crippen molar-refractivity contribution in [2.24, 2.45) is 0 Å². The molecule has 0 saturated carbocycles. The van der Waals surface area contributed by atoms with Crippen molar-refractivity contribution in [2.45, 2.75) is 94.2 Å². The lowest BCUT2D eigenvalue weighted by Crippen LogP contribution is -2.63. The third-order valence-corrected chi connectivity index (χ3v) is 15.5. The van der Waals surface area contributed by atoms with Crippen molar-refractivity contribution in [1.82, 2.24) is 0 Å². The van der Waals surface area contributed by atoms with E-state index in [0.717, 1.165) is 9.75 Å². The van der Waals surface area contributed by atoms with Gasteiger partial charge >= 0.3 is 5.97 Å². The van der Waals surface area contributed by atoms with Gasteiger partial charge in [0.2, 0.25) is 5.60 Å². The van der Waals surface area contributed by atoms with Crippen LogP contribution in [0.5, 0.6) is 0 Å². The lowest BCUT2D eigenvalue weighted by molar-refractivity contribution is -0.955. The summed E-state index contributed by atoms with van der Waals surface area (Å²) >= 11 is 3.04. The van der Waals surface area contributed by atoms with Gasteiger partial charge in [0.05, 0.1) is 23.3 Å². The van der Waals surface area contributed by atoms with E-state index >= 15 is 0 Å². The Morgan fingerprint density at radius 2 is 1.62 bits per heavy atom. The first kappa shape index (κ1) is 27.0. The number of carboxylic acid groups (broad SMARTS) is 1. The number of likely N-dealkylation sites (N-methyl/N-ethyl adjacent to an activating group) is 1. The summed E-state index contributed by atoms with van der Waals surface area (Å²) in [6.45, 7) is 11.4. The molecule has 37 heavy (non-hydrogen) atoms. The molecule has 3 aliphatic rings. The highest BCUT2D eigenvalue weighted by Gasteiger charge is 2.72. The van der Waals surface area contributed by atoms with Crippen molar-refractivity contribution >= 4 is 42.9 Å². The third kappa shape index (κ3) is 4.53. The maximum Gasteiger partial charge on any atom is 0.348 e.